The Bertz CT molecular complexity index is 822. The van der Waals surface area contributed by atoms with Gasteiger partial charge in [0.25, 0.3) is 5.91 Å². The molecule has 0 bridgehead atoms. The number of benzene rings is 1. The quantitative estimate of drug-likeness (QED) is 0.861. The van der Waals surface area contributed by atoms with Crippen molar-refractivity contribution in [3.8, 4) is 5.75 Å². The highest BCUT2D eigenvalue weighted by Crippen LogP contribution is 2.38. The number of nitrogens with zero attached hydrogens (tertiary/aromatic N) is 1. The first-order valence-electron chi connectivity index (χ1n) is 8.59. The Hall–Kier alpha value is -2.56. The molecule has 0 spiro atoms. The fourth-order valence-electron chi connectivity index (χ4n) is 3.84. The fourth-order valence-corrected chi connectivity index (χ4v) is 3.84. The van der Waals surface area contributed by atoms with E-state index in [1.807, 2.05) is 43.0 Å². The molecule has 3 rings (SSSR count). The molecule has 1 atom stereocenters. The Morgan fingerprint density at radius 3 is 2.60 bits per heavy atom. The minimum atomic E-state index is -0.0534. The third kappa shape index (κ3) is 2.95. The molecule has 0 aliphatic carbocycles. The standard InChI is InChI=1S/C20H24N2O3/c1-12-18(13(2)21-19(12)14(3)23)20(24)22-11-7-9-16(22)15-8-5-6-10-17(15)25-4/h5-6,8,10,16,21H,7,9,11H2,1-4H3. The molecule has 1 N–H and O–H groups in total. The van der Waals surface area contributed by atoms with E-state index < -0.39 is 0 Å². The second-order valence-electron chi connectivity index (χ2n) is 6.58. The molecule has 1 unspecified atom stereocenters. The predicted octanol–water partition coefficient (Wildman–Crippen LogP) is 3.82. The van der Waals surface area contributed by atoms with Crippen LogP contribution in [0.3, 0.4) is 0 Å². The molecule has 5 heteroatoms. The molecule has 1 aromatic carbocycles. The van der Waals surface area contributed by atoms with Crippen molar-refractivity contribution in [1.29, 1.82) is 0 Å². The van der Waals surface area contributed by atoms with Crippen LogP contribution in [0.25, 0.3) is 0 Å². The van der Waals surface area contributed by atoms with Crippen LogP contribution in [0.2, 0.25) is 0 Å². The third-order valence-electron chi connectivity index (χ3n) is 5.02. The van der Waals surface area contributed by atoms with Gasteiger partial charge in [-0.05, 0) is 38.3 Å². The van der Waals surface area contributed by atoms with Gasteiger partial charge in [-0.15, -0.1) is 0 Å². The first-order valence-corrected chi connectivity index (χ1v) is 8.59. The van der Waals surface area contributed by atoms with Crippen LogP contribution in [0.4, 0.5) is 0 Å². The van der Waals surface area contributed by atoms with Gasteiger partial charge in [-0.3, -0.25) is 9.59 Å². The van der Waals surface area contributed by atoms with Gasteiger partial charge in [-0.25, -0.2) is 0 Å². The zero-order valence-corrected chi connectivity index (χ0v) is 15.2. The highest BCUT2D eigenvalue weighted by atomic mass is 16.5. The van der Waals surface area contributed by atoms with Gasteiger partial charge < -0.3 is 14.6 Å². The van der Waals surface area contributed by atoms with Crippen molar-refractivity contribution >= 4 is 11.7 Å². The van der Waals surface area contributed by atoms with E-state index in [0.29, 0.717) is 17.8 Å². The van der Waals surface area contributed by atoms with E-state index in [-0.39, 0.29) is 17.7 Å². The summed E-state index contributed by atoms with van der Waals surface area (Å²) in [7, 11) is 1.65. The summed E-state index contributed by atoms with van der Waals surface area (Å²) < 4.78 is 5.49. The number of aromatic nitrogens is 1. The number of hydrogen-bond donors (Lipinski definition) is 1. The summed E-state index contributed by atoms with van der Waals surface area (Å²) in [6.07, 6.45) is 1.87. The smallest absolute Gasteiger partial charge is 0.256 e. The Balaban J connectivity index is 1.98. The number of carbonyl (C=O) groups excluding carboxylic acids is 2. The lowest BCUT2D eigenvalue weighted by molar-refractivity contribution is 0.0733. The van der Waals surface area contributed by atoms with Crippen molar-refractivity contribution < 1.29 is 14.3 Å². The van der Waals surface area contributed by atoms with Crippen molar-refractivity contribution in [2.75, 3.05) is 13.7 Å². The Morgan fingerprint density at radius 2 is 1.96 bits per heavy atom. The molecule has 2 aromatic rings. The average molecular weight is 340 g/mol. The maximum Gasteiger partial charge on any atom is 0.256 e. The van der Waals surface area contributed by atoms with Crippen molar-refractivity contribution in [2.45, 2.75) is 39.7 Å². The largest absolute Gasteiger partial charge is 0.496 e. The van der Waals surface area contributed by atoms with Crippen LogP contribution in [-0.2, 0) is 0 Å². The molecule has 2 heterocycles. The summed E-state index contributed by atoms with van der Waals surface area (Å²) >= 11 is 0. The van der Waals surface area contributed by atoms with Crippen LogP contribution in [-0.4, -0.2) is 35.2 Å². The minimum absolute atomic E-state index is 0.00173. The van der Waals surface area contributed by atoms with Gasteiger partial charge in [-0.1, -0.05) is 18.2 Å². The van der Waals surface area contributed by atoms with E-state index in [4.69, 9.17) is 4.74 Å². The summed E-state index contributed by atoms with van der Waals surface area (Å²) in [6.45, 7) is 5.91. The third-order valence-corrected chi connectivity index (χ3v) is 5.02. The zero-order chi connectivity index (χ0) is 18.1. The second-order valence-corrected chi connectivity index (χ2v) is 6.58. The molecule has 1 fully saturated rings. The number of carbonyl (C=O) groups is 2. The van der Waals surface area contributed by atoms with Crippen LogP contribution in [0.5, 0.6) is 5.75 Å². The van der Waals surface area contributed by atoms with Gasteiger partial charge in [0.2, 0.25) is 0 Å². The number of nitrogens with one attached hydrogen (secondary N) is 1. The van der Waals surface area contributed by atoms with Gasteiger partial charge in [0.15, 0.2) is 5.78 Å². The number of hydrogen-bond acceptors (Lipinski definition) is 3. The lowest BCUT2D eigenvalue weighted by Gasteiger charge is -2.26. The number of Topliss-reactive ketones (excluding diaryl/α,β-unsaturated/α-hetero) is 1. The molecule has 1 aliphatic rings. The Kier molecular flexibility index (Phi) is 4.66. The second kappa shape index (κ2) is 6.75. The average Bonchev–Trinajstić information content (AvgIpc) is 3.19. The van der Waals surface area contributed by atoms with Gasteiger partial charge in [-0.2, -0.15) is 0 Å². The Morgan fingerprint density at radius 1 is 1.24 bits per heavy atom. The van der Waals surface area contributed by atoms with Crippen molar-refractivity contribution in [1.82, 2.24) is 9.88 Å². The number of para-hydroxylation sites is 1. The number of methoxy groups -OCH3 is 1. The van der Waals surface area contributed by atoms with Gasteiger partial charge in [0.1, 0.15) is 5.75 Å². The number of ketones is 1. The summed E-state index contributed by atoms with van der Waals surface area (Å²) in [5.74, 6) is 0.730. The van der Waals surface area contributed by atoms with Crippen LogP contribution in [0.15, 0.2) is 24.3 Å². The monoisotopic (exact) mass is 340 g/mol. The van der Waals surface area contributed by atoms with E-state index in [0.717, 1.165) is 35.4 Å². The first-order chi connectivity index (χ1) is 12.0. The van der Waals surface area contributed by atoms with Crippen LogP contribution >= 0.6 is 0 Å². The Labute approximate surface area is 148 Å². The van der Waals surface area contributed by atoms with E-state index in [2.05, 4.69) is 4.98 Å². The number of aromatic amines is 1. The summed E-state index contributed by atoms with van der Waals surface area (Å²) in [5.41, 5.74) is 3.66. The number of amides is 1. The SMILES string of the molecule is COc1ccccc1C1CCCN1C(=O)c1c(C)[nH]c(C(C)=O)c1C. The normalized spacial score (nSPS) is 17.0. The molecule has 132 valence electrons. The molecule has 25 heavy (non-hydrogen) atoms. The van der Waals surface area contributed by atoms with Crippen LogP contribution in [0, 0.1) is 13.8 Å². The minimum Gasteiger partial charge on any atom is -0.496 e. The molecule has 1 saturated heterocycles. The molecule has 1 aromatic heterocycles. The zero-order valence-electron chi connectivity index (χ0n) is 15.2. The van der Waals surface area contributed by atoms with E-state index in [9.17, 15) is 9.59 Å². The first kappa shape index (κ1) is 17.3. The van der Waals surface area contributed by atoms with E-state index >= 15 is 0 Å². The van der Waals surface area contributed by atoms with Crippen LogP contribution in [0.1, 0.15) is 63.5 Å². The summed E-state index contributed by atoms with van der Waals surface area (Å²) in [4.78, 5) is 30.0. The summed E-state index contributed by atoms with van der Waals surface area (Å²) in [5, 5.41) is 0. The van der Waals surface area contributed by atoms with Crippen molar-refractivity contribution in [3.05, 3.63) is 52.3 Å². The van der Waals surface area contributed by atoms with Gasteiger partial charge in [0.05, 0.1) is 24.4 Å². The molecule has 1 amide bonds. The molecule has 1 aliphatic heterocycles. The van der Waals surface area contributed by atoms with E-state index in [1.165, 1.54) is 6.92 Å². The number of rotatable bonds is 4. The van der Waals surface area contributed by atoms with Gasteiger partial charge >= 0.3 is 0 Å². The van der Waals surface area contributed by atoms with Crippen molar-refractivity contribution in [3.63, 3.8) is 0 Å². The molecule has 0 radical (unpaired) electrons. The maximum absolute atomic E-state index is 13.3. The number of aryl methyl sites for hydroxylation is 1. The topological polar surface area (TPSA) is 62.4 Å². The fraction of sp³-hybridized carbons (Fsp3) is 0.400. The number of likely N-dealkylation sites (tertiary alicyclic amines) is 1. The highest BCUT2D eigenvalue weighted by Gasteiger charge is 2.34. The lowest BCUT2D eigenvalue weighted by Crippen LogP contribution is -2.31. The lowest BCUT2D eigenvalue weighted by atomic mass is 10.0. The molecular weight excluding hydrogens is 316 g/mol. The number of H-pyrrole nitrogens is 1. The molecule has 0 saturated carbocycles. The summed E-state index contributed by atoms with van der Waals surface area (Å²) in [6, 6.07) is 7.85. The van der Waals surface area contributed by atoms with Crippen molar-refractivity contribution in [2.24, 2.45) is 0 Å². The van der Waals surface area contributed by atoms with Gasteiger partial charge in [0, 0.05) is 24.7 Å². The predicted molar refractivity (Wildman–Crippen MR) is 96.3 cm³/mol. The number of ether oxygens (including phenoxy) is 1. The molecular formula is C20H24N2O3. The maximum atomic E-state index is 13.3. The molecule has 5 nitrogen and oxygen atoms in total. The van der Waals surface area contributed by atoms with E-state index in [1.54, 1.807) is 7.11 Å². The van der Waals surface area contributed by atoms with Crippen LogP contribution < -0.4 is 4.74 Å². The highest BCUT2D eigenvalue weighted by molar-refractivity contribution is 6.02.